The van der Waals surface area contributed by atoms with Gasteiger partial charge in [-0.1, -0.05) is 0 Å². The van der Waals surface area contributed by atoms with E-state index in [1.807, 2.05) is 23.8 Å². The van der Waals surface area contributed by atoms with Crippen LogP contribution >= 0.6 is 23.6 Å². The summed E-state index contributed by atoms with van der Waals surface area (Å²) in [6.45, 7) is 2.85. The highest BCUT2D eigenvalue weighted by Gasteiger charge is 2.10. The van der Waals surface area contributed by atoms with Crippen LogP contribution in [0.5, 0.6) is 0 Å². The molecule has 1 aromatic carbocycles. The molecule has 118 valence electrons. The average Bonchev–Trinajstić information content (AvgIpc) is 3.06. The highest BCUT2D eigenvalue weighted by molar-refractivity contribution is 7.71. The average molecular weight is 345 g/mol. The van der Waals surface area contributed by atoms with E-state index in [9.17, 15) is 9.59 Å². The number of nitrogens with zero attached hydrogens (tertiary/aromatic N) is 1. The maximum Gasteiger partial charge on any atom is 0.262 e. The Bertz CT molecular complexity index is 971. The molecule has 2 aromatic heterocycles. The van der Waals surface area contributed by atoms with Crippen LogP contribution in [0.15, 0.2) is 39.8 Å². The van der Waals surface area contributed by atoms with Crippen LogP contribution in [0, 0.1) is 4.77 Å². The number of benzene rings is 1. The molecular weight excluding hydrogens is 330 g/mol. The molecule has 0 aliphatic rings. The van der Waals surface area contributed by atoms with Gasteiger partial charge in [0.25, 0.3) is 11.5 Å². The van der Waals surface area contributed by atoms with E-state index in [1.54, 1.807) is 29.5 Å². The lowest BCUT2D eigenvalue weighted by Gasteiger charge is -2.08. The summed E-state index contributed by atoms with van der Waals surface area (Å²) in [5.74, 6) is -0.183. The van der Waals surface area contributed by atoms with Crippen molar-refractivity contribution < 1.29 is 4.79 Å². The Morgan fingerprint density at radius 1 is 1.39 bits per heavy atom. The van der Waals surface area contributed by atoms with Crippen LogP contribution in [0.4, 0.5) is 0 Å². The van der Waals surface area contributed by atoms with Crippen LogP contribution in [-0.4, -0.2) is 15.5 Å². The molecule has 0 fully saturated rings. The summed E-state index contributed by atoms with van der Waals surface area (Å²) in [7, 11) is 0. The molecule has 0 bridgehead atoms. The van der Waals surface area contributed by atoms with Crippen molar-refractivity contribution >= 4 is 40.4 Å². The molecule has 3 rings (SSSR count). The van der Waals surface area contributed by atoms with E-state index < -0.39 is 0 Å². The smallest absolute Gasteiger partial charge is 0.262 e. The number of carbonyl (C=O) groups excluding carboxylic acids is 1. The lowest BCUT2D eigenvalue weighted by Crippen LogP contribution is -2.24. The van der Waals surface area contributed by atoms with E-state index in [-0.39, 0.29) is 11.5 Å². The molecule has 2 N–H and O–H groups in total. The van der Waals surface area contributed by atoms with Gasteiger partial charge in [0.1, 0.15) is 0 Å². The monoisotopic (exact) mass is 345 g/mol. The second-order valence-electron chi connectivity index (χ2n) is 5.05. The van der Waals surface area contributed by atoms with E-state index in [0.717, 1.165) is 5.56 Å². The molecule has 5 nitrogen and oxygen atoms in total. The Morgan fingerprint density at radius 3 is 2.91 bits per heavy atom. The number of hydrogen-bond donors (Lipinski definition) is 2. The Balaban J connectivity index is 1.92. The molecule has 7 heteroatoms. The van der Waals surface area contributed by atoms with Gasteiger partial charge in [-0.2, -0.15) is 11.3 Å². The summed E-state index contributed by atoms with van der Waals surface area (Å²) in [5, 5.41) is 7.35. The van der Waals surface area contributed by atoms with Gasteiger partial charge in [0.2, 0.25) is 0 Å². The summed E-state index contributed by atoms with van der Waals surface area (Å²) in [5.41, 5.74) is 1.99. The van der Waals surface area contributed by atoms with E-state index in [1.165, 1.54) is 4.57 Å². The van der Waals surface area contributed by atoms with Gasteiger partial charge in [-0.15, -0.1) is 0 Å². The number of H-pyrrole nitrogens is 1. The predicted octanol–water partition coefficient (Wildman–Crippen LogP) is 3.07. The van der Waals surface area contributed by atoms with Crippen LogP contribution in [0.3, 0.4) is 0 Å². The second kappa shape index (κ2) is 6.47. The summed E-state index contributed by atoms with van der Waals surface area (Å²) < 4.78 is 1.86. The first-order valence-electron chi connectivity index (χ1n) is 7.16. The maximum atomic E-state index is 12.3. The van der Waals surface area contributed by atoms with E-state index in [4.69, 9.17) is 12.2 Å². The Kier molecular flexibility index (Phi) is 4.40. The van der Waals surface area contributed by atoms with E-state index in [0.29, 0.717) is 34.3 Å². The number of fused-ring (bicyclic) bond motifs is 1. The number of carbonyl (C=O) groups is 1. The third-order valence-corrected chi connectivity index (χ3v) is 4.65. The van der Waals surface area contributed by atoms with Crippen molar-refractivity contribution in [1.82, 2.24) is 14.9 Å². The summed E-state index contributed by atoms with van der Waals surface area (Å²) in [6.07, 6.45) is 0. The van der Waals surface area contributed by atoms with Crippen molar-refractivity contribution in [3.63, 3.8) is 0 Å². The fourth-order valence-electron chi connectivity index (χ4n) is 2.36. The van der Waals surface area contributed by atoms with Gasteiger partial charge in [-0.3, -0.25) is 14.2 Å². The molecule has 0 spiro atoms. The molecule has 23 heavy (non-hydrogen) atoms. The second-order valence-corrected chi connectivity index (χ2v) is 6.22. The van der Waals surface area contributed by atoms with Crippen LogP contribution in [-0.2, 0) is 13.1 Å². The molecule has 0 unspecified atom stereocenters. The molecule has 2 heterocycles. The van der Waals surface area contributed by atoms with Crippen molar-refractivity contribution in [2.45, 2.75) is 20.0 Å². The first-order chi connectivity index (χ1) is 11.1. The van der Waals surface area contributed by atoms with Crippen molar-refractivity contribution in [2.75, 3.05) is 0 Å². The molecule has 0 radical (unpaired) electrons. The number of aromatic amines is 1. The fraction of sp³-hybridized carbons (Fsp3) is 0.188. The molecule has 0 aliphatic heterocycles. The SMILES string of the molecule is CCn1c(=S)[nH]c2cc(C(=O)NCc3ccsc3)ccc2c1=O. The Morgan fingerprint density at radius 2 is 2.22 bits per heavy atom. The zero-order valence-electron chi connectivity index (χ0n) is 12.5. The predicted molar refractivity (Wildman–Crippen MR) is 94.6 cm³/mol. The van der Waals surface area contributed by atoms with Gasteiger partial charge in [0.15, 0.2) is 4.77 Å². The van der Waals surface area contributed by atoms with Crippen molar-refractivity contribution in [3.05, 3.63) is 61.3 Å². The van der Waals surface area contributed by atoms with Gasteiger partial charge >= 0.3 is 0 Å². The van der Waals surface area contributed by atoms with Crippen LogP contribution in [0.25, 0.3) is 10.9 Å². The third kappa shape index (κ3) is 3.11. The molecule has 0 atom stereocenters. The molecular formula is C16H15N3O2S2. The lowest BCUT2D eigenvalue weighted by atomic mass is 10.1. The van der Waals surface area contributed by atoms with Gasteiger partial charge in [-0.25, -0.2) is 0 Å². The van der Waals surface area contributed by atoms with Gasteiger partial charge in [-0.05, 0) is 59.7 Å². The molecule has 0 aliphatic carbocycles. The maximum absolute atomic E-state index is 12.3. The van der Waals surface area contributed by atoms with Crippen LogP contribution in [0.2, 0.25) is 0 Å². The number of amides is 1. The van der Waals surface area contributed by atoms with Gasteiger partial charge in [0.05, 0.1) is 10.9 Å². The lowest BCUT2D eigenvalue weighted by molar-refractivity contribution is 0.0951. The number of aromatic nitrogens is 2. The third-order valence-electron chi connectivity index (χ3n) is 3.59. The summed E-state index contributed by atoms with van der Waals surface area (Å²) >= 11 is 6.78. The van der Waals surface area contributed by atoms with E-state index in [2.05, 4.69) is 10.3 Å². The van der Waals surface area contributed by atoms with Crippen LogP contribution < -0.4 is 10.9 Å². The highest BCUT2D eigenvalue weighted by Crippen LogP contribution is 2.11. The Hall–Kier alpha value is -2.25. The number of rotatable bonds is 4. The van der Waals surface area contributed by atoms with Crippen molar-refractivity contribution in [1.29, 1.82) is 0 Å². The quantitative estimate of drug-likeness (QED) is 0.714. The topological polar surface area (TPSA) is 66.9 Å². The van der Waals surface area contributed by atoms with E-state index >= 15 is 0 Å². The minimum atomic E-state index is -0.183. The van der Waals surface area contributed by atoms with Gasteiger partial charge in [0, 0.05) is 18.7 Å². The van der Waals surface area contributed by atoms with Crippen LogP contribution in [0.1, 0.15) is 22.8 Å². The Labute approximate surface area is 141 Å². The minimum absolute atomic E-state index is 0.142. The fourth-order valence-corrected chi connectivity index (χ4v) is 3.35. The number of nitrogens with one attached hydrogen (secondary N) is 2. The zero-order valence-corrected chi connectivity index (χ0v) is 14.1. The molecule has 0 saturated carbocycles. The van der Waals surface area contributed by atoms with Crippen molar-refractivity contribution in [2.24, 2.45) is 0 Å². The number of thiophene rings is 1. The first-order valence-corrected chi connectivity index (χ1v) is 8.51. The van der Waals surface area contributed by atoms with Gasteiger partial charge < -0.3 is 10.3 Å². The minimum Gasteiger partial charge on any atom is -0.348 e. The summed E-state index contributed by atoms with van der Waals surface area (Å²) in [4.78, 5) is 27.6. The highest BCUT2D eigenvalue weighted by atomic mass is 32.1. The standard InChI is InChI=1S/C16H15N3O2S2/c1-2-19-15(21)12-4-3-11(7-13(12)18-16(19)22)14(20)17-8-10-5-6-23-9-10/h3-7,9H,2,8H2,1H3,(H,17,20)(H,18,22). The molecule has 3 aromatic rings. The zero-order chi connectivity index (χ0) is 16.4. The first kappa shape index (κ1) is 15.6. The van der Waals surface area contributed by atoms with Crippen molar-refractivity contribution in [3.8, 4) is 0 Å². The molecule has 1 amide bonds. The normalized spacial score (nSPS) is 10.8. The largest absolute Gasteiger partial charge is 0.348 e. The number of hydrogen-bond acceptors (Lipinski definition) is 4. The summed E-state index contributed by atoms with van der Waals surface area (Å²) in [6, 6.07) is 6.95. The molecule has 0 saturated heterocycles.